The molecule has 2 rings (SSSR count). The van der Waals surface area contributed by atoms with E-state index < -0.39 is 10.3 Å². The fraction of sp³-hybridized carbons (Fsp3) is 0.409. The third kappa shape index (κ3) is 5.94. The molecule has 0 fully saturated rings. The van der Waals surface area contributed by atoms with E-state index in [1.54, 1.807) is 0 Å². The van der Waals surface area contributed by atoms with Crippen LogP contribution in [0.25, 0.3) is 0 Å². The zero-order valence-electron chi connectivity index (χ0n) is 17.6. The summed E-state index contributed by atoms with van der Waals surface area (Å²) in [5.74, 6) is 0.995. The van der Waals surface area contributed by atoms with Crippen LogP contribution in [0.2, 0.25) is 0 Å². The summed E-state index contributed by atoms with van der Waals surface area (Å²) >= 11 is 0. The van der Waals surface area contributed by atoms with E-state index in [1.807, 2.05) is 45.9 Å². The maximum atomic E-state index is 12.8. The van der Waals surface area contributed by atoms with Gasteiger partial charge in [0.25, 0.3) is 5.69 Å². The number of hydrogen-bond donors (Lipinski definition) is 1. The first-order valence-corrected chi connectivity index (χ1v) is 9.48. The van der Waals surface area contributed by atoms with Crippen LogP contribution in [0.15, 0.2) is 36.4 Å². The maximum absolute atomic E-state index is 12.8. The second-order valence-electron chi connectivity index (χ2n) is 7.70. The molecule has 1 amide bonds. The van der Waals surface area contributed by atoms with Gasteiger partial charge >= 0.3 is 0 Å². The van der Waals surface area contributed by atoms with E-state index in [9.17, 15) is 14.9 Å². The van der Waals surface area contributed by atoms with Gasteiger partial charge in [-0.2, -0.15) is 0 Å². The van der Waals surface area contributed by atoms with E-state index in [0.29, 0.717) is 25.2 Å². The van der Waals surface area contributed by atoms with Crippen molar-refractivity contribution in [1.82, 2.24) is 0 Å². The van der Waals surface area contributed by atoms with Crippen LogP contribution in [0.5, 0.6) is 11.5 Å². The fourth-order valence-electron chi connectivity index (χ4n) is 2.87. The van der Waals surface area contributed by atoms with Crippen molar-refractivity contribution >= 4 is 17.3 Å². The van der Waals surface area contributed by atoms with Crippen molar-refractivity contribution in [1.29, 1.82) is 0 Å². The lowest BCUT2D eigenvalue weighted by atomic mass is 9.87. The second-order valence-corrected chi connectivity index (χ2v) is 7.70. The minimum absolute atomic E-state index is 0.110. The molecule has 2 aromatic rings. The van der Waals surface area contributed by atoms with Crippen LogP contribution in [0, 0.1) is 29.4 Å². The Balaban J connectivity index is 1.97. The second kappa shape index (κ2) is 9.41. The number of nitro benzene ring substituents is 1. The summed E-state index contributed by atoms with van der Waals surface area (Å²) in [6.45, 7) is 8.19. The van der Waals surface area contributed by atoms with Gasteiger partial charge < -0.3 is 14.8 Å². The summed E-state index contributed by atoms with van der Waals surface area (Å²) in [6.07, 6.45) is 1.29. The molecule has 7 nitrogen and oxygen atoms in total. The molecule has 0 saturated heterocycles. The number of nitrogens with one attached hydrogen (secondary N) is 1. The van der Waals surface area contributed by atoms with Gasteiger partial charge in [0, 0.05) is 17.5 Å². The molecule has 0 bridgehead atoms. The van der Waals surface area contributed by atoms with E-state index >= 15 is 0 Å². The summed E-state index contributed by atoms with van der Waals surface area (Å²) in [5, 5.41) is 13.8. The molecule has 1 N–H and O–H groups in total. The van der Waals surface area contributed by atoms with Crippen LogP contribution >= 0.6 is 0 Å². The monoisotopic (exact) mass is 400 g/mol. The fourth-order valence-corrected chi connectivity index (χ4v) is 2.87. The SMILES string of the molecule is COc1ccc([N+](=O)[O-])cc1NC(=O)C(C)(C)CCCOc1cc(C)ccc1C. The van der Waals surface area contributed by atoms with E-state index in [-0.39, 0.29) is 17.3 Å². The number of nitro groups is 1. The summed E-state index contributed by atoms with van der Waals surface area (Å²) in [4.78, 5) is 23.3. The van der Waals surface area contributed by atoms with Gasteiger partial charge in [0.2, 0.25) is 5.91 Å². The Bertz CT molecular complexity index is 893. The molecular weight excluding hydrogens is 372 g/mol. The zero-order chi connectivity index (χ0) is 21.6. The van der Waals surface area contributed by atoms with Gasteiger partial charge in [-0.3, -0.25) is 14.9 Å². The number of benzene rings is 2. The number of carbonyl (C=O) groups excluding carboxylic acids is 1. The van der Waals surface area contributed by atoms with Crippen molar-refractivity contribution in [2.75, 3.05) is 19.0 Å². The molecule has 29 heavy (non-hydrogen) atoms. The molecule has 7 heteroatoms. The van der Waals surface area contributed by atoms with E-state index in [0.717, 1.165) is 16.9 Å². The molecule has 0 spiro atoms. The lowest BCUT2D eigenvalue weighted by molar-refractivity contribution is -0.384. The summed E-state index contributed by atoms with van der Waals surface area (Å²) in [5.41, 5.74) is 1.70. The highest BCUT2D eigenvalue weighted by molar-refractivity contribution is 5.96. The first kappa shape index (κ1) is 22.2. The highest BCUT2D eigenvalue weighted by Gasteiger charge is 2.28. The number of nitrogens with zero attached hydrogens (tertiary/aromatic N) is 1. The predicted octanol–water partition coefficient (Wildman–Crippen LogP) is 5.04. The van der Waals surface area contributed by atoms with Gasteiger partial charge in [-0.15, -0.1) is 0 Å². The summed E-state index contributed by atoms with van der Waals surface area (Å²) in [6, 6.07) is 10.2. The van der Waals surface area contributed by atoms with Crippen LogP contribution in [-0.4, -0.2) is 24.5 Å². The molecule has 0 radical (unpaired) electrons. The van der Waals surface area contributed by atoms with Gasteiger partial charge in [0.1, 0.15) is 11.5 Å². The van der Waals surface area contributed by atoms with Gasteiger partial charge in [-0.1, -0.05) is 26.0 Å². The van der Waals surface area contributed by atoms with Crippen molar-refractivity contribution in [3.8, 4) is 11.5 Å². The van der Waals surface area contributed by atoms with Gasteiger partial charge in [-0.05, 0) is 49.9 Å². The predicted molar refractivity (Wildman–Crippen MR) is 113 cm³/mol. The van der Waals surface area contributed by atoms with Crippen molar-refractivity contribution < 1.29 is 19.2 Å². The Hall–Kier alpha value is -3.09. The van der Waals surface area contributed by atoms with Crippen molar-refractivity contribution in [2.45, 2.75) is 40.5 Å². The topological polar surface area (TPSA) is 90.7 Å². The van der Waals surface area contributed by atoms with Crippen LogP contribution in [0.3, 0.4) is 0 Å². The third-order valence-electron chi connectivity index (χ3n) is 4.80. The van der Waals surface area contributed by atoms with Crippen molar-refractivity contribution in [2.24, 2.45) is 5.41 Å². The summed E-state index contributed by atoms with van der Waals surface area (Å²) < 4.78 is 11.1. The lowest BCUT2D eigenvalue weighted by Gasteiger charge is -2.24. The average molecular weight is 400 g/mol. The molecular formula is C22H28N2O5. The number of carbonyl (C=O) groups is 1. The maximum Gasteiger partial charge on any atom is 0.271 e. The van der Waals surface area contributed by atoms with Gasteiger partial charge in [0.15, 0.2) is 0 Å². The number of ether oxygens (including phenoxy) is 2. The average Bonchev–Trinajstić information content (AvgIpc) is 2.67. The number of amides is 1. The van der Waals surface area contributed by atoms with Gasteiger partial charge in [0.05, 0.1) is 24.3 Å². The molecule has 0 unspecified atom stereocenters. The van der Waals surface area contributed by atoms with Gasteiger partial charge in [-0.25, -0.2) is 0 Å². The quantitative estimate of drug-likeness (QED) is 0.362. The number of methoxy groups -OCH3 is 1. The van der Waals surface area contributed by atoms with E-state index in [2.05, 4.69) is 5.32 Å². The van der Waals surface area contributed by atoms with E-state index in [4.69, 9.17) is 9.47 Å². The number of non-ortho nitro benzene ring substituents is 1. The lowest BCUT2D eigenvalue weighted by Crippen LogP contribution is -2.31. The number of hydrogen-bond acceptors (Lipinski definition) is 5. The molecule has 156 valence electrons. The Morgan fingerprint density at radius 2 is 1.86 bits per heavy atom. The highest BCUT2D eigenvalue weighted by Crippen LogP contribution is 2.32. The number of rotatable bonds is 9. The molecule has 0 aliphatic carbocycles. The van der Waals surface area contributed by atoms with Crippen LogP contribution in [0.4, 0.5) is 11.4 Å². The largest absolute Gasteiger partial charge is 0.495 e. The minimum atomic E-state index is -0.680. The Labute approximate surface area is 171 Å². The molecule has 0 aromatic heterocycles. The standard InChI is InChI=1S/C22H28N2O5/c1-15-7-8-16(2)20(13-15)29-12-6-11-22(3,4)21(25)23-18-14-17(24(26)27)9-10-19(18)28-5/h7-10,13-14H,6,11-12H2,1-5H3,(H,23,25). The van der Waals surface area contributed by atoms with Crippen LogP contribution < -0.4 is 14.8 Å². The molecule has 0 aliphatic rings. The van der Waals surface area contributed by atoms with Crippen LogP contribution in [0.1, 0.15) is 37.8 Å². The summed E-state index contributed by atoms with van der Waals surface area (Å²) in [7, 11) is 1.45. The third-order valence-corrected chi connectivity index (χ3v) is 4.80. The number of anilines is 1. The van der Waals surface area contributed by atoms with Crippen molar-refractivity contribution in [3.05, 3.63) is 57.6 Å². The normalized spacial score (nSPS) is 11.1. The Morgan fingerprint density at radius 3 is 2.52 bits per heavy atom. The van der Waals surface area contributed by atoms with Crippen LogP contribution in [-0.2, 0) is 4.79 Å². The smallest absolute Gasteiger partial charge is 0.271 e. The number of aryl methyl sites for hydroxylation is 2. The Kier molecular flexibility index (Phi) is 7.20. The van der Waals surface area contributed by atoms with E-state index in [1.165, 1.54) is 25.3 Å². The first-order chi connectivity index (χ1) is 13.6. The molecule has 0 heterocycles. The Morgan fingerprint density at radius 1 is 1.14 bits per heavy atom. The highest BCUT2D eigenvalue weighted by atomic mass is 16.6. The first-order valence-electron chi connectivity index (χ1n) is 9.48. The van der Waals surface area contributed by atoms with Crippen molar-refractivity contribution in [3.63, 3.8) is 0 Å². The molecule has 0 aliphatic heterocycles. The molecule has 0 atom stereocenters. The minimum Gasteiger partial charge on any atom is -0.495 e. The molecule has 2 aromatic carbocycles. The molecule has 0 saturated carbocycles. The zero-order valence-corrected chi connectivity index (χ0v) is 17.6.